The highest BCUT2D eigenvalue weighted by atomic mass is 19.1. The molecule has 0 unspecified atom stereocenters. The summed E-state index contributed by atoms with van der Waals surface area (Å²) >= 11 is 0. The van der Waals surface area contributed by atoms with Crippen LogP contribution in [0, 0.1) is 17.0 Å². The van der Waals surface area contributed by atoms with Gasteiger partial charge in [0.15, 0.2) is 5.82 Å². The van der Waals surface area contributed by atoms with Gasteiger partial charge >= 0.3 is 0 Å². The maximum atomic E-state index is 13.6. The van der Waals surface area contributed by atoms with Crippen LogP contribution in [0.25, 0.3) is 0 Å². The maximum Gasteiger partial charge on any atom is 0.254 e. The smallest absolute Gasteiger partial charge is 0.254 e. The Morgan fingerprint density at radius 2 is 1.89 bits per heavy atom. The minimum atomic E-state index is -1.00. The van der Waals surface area contributed by atoms with Gasteiger partial charge in [0.1, 0.15) is 5.82 Å². The largest absolute Gasteiger partial charge is 0.396 e. The highest BCUT2D eigenvalue weighted by molar-refractivity contribution is 5.95. The summed E-state index contributed by atoms with van der Waals surface area (Å²) in [4.78, 5) is 22.8. The molecule has 0 spiro atoms. The van der Waals surface area contributed by atoms with Gasteiger partial charge in [0.25, 0.3) is 5.91 Å². The molecule has 1 rings (SSSR count). The fourth-order valence-electron chi connectivity index (χ4n) is 1.26. The molecular formula is C12H15F2N3O2. The Hall–Kier alpha value is -2.18. The van der Waals surface area contributed by atoms with Crippen LogP contribution in [-0.2, 0) is 4.79 Å². The number of halogens is 2. The highest BCUT2D eigenvalue weighted by Gasteiger charge is 2.26. The minimum absolute atomic E-state index is 0.100. The van der Waals surface area contributed by atoms with Gasteiger partial charge in [-0.2, -0.15) is 0 Å². The van der Waals surface area contributed by atoms with Gasteiger partial charge in [0.2, 0.25) is 5.91 Å². The SMILES string of the molecule is CC(C)(CNC(=O)c1cc(F)cc(N)c1F)C(N)=O. The number of nitrogens with one attached hydrogen (secondary N) is 1. The molecule has 0 fully saturated rings. The van der Waals surface area contributed by atoms with E-state index in [0.717, 1.165) is 12.1 Å². The zero-order valence-electron chi connectivity index (χ0n) is 10.6. The van der Waals surface area contributed by atoms with Crippen LogP contribution in [-0.4, -0.2) is 18.4 Å². The van der Waals surface area contributed by atoms with Crippen LogP contribution in [0.1, 0.15) is 24.2 Å². The summed E-state index contributed by atoms with van der Waals surface area (Å²) in [5.41, 5.74) is 8.38. The summed E-state index contributed by atoms with van der Waals surface area (Å²) in [6, 6.07) is 1.51. The Morgan fingerprint density at radius 1 is 1.32 bits per heavy atom. The van der Waals surface area contributed by atoms with Crippen LogP contribution >= 0.6 is 0 Å². The molecule has 19 heavy (non-hydrogen) atoms. The lowest BCUT2D eigenvalue weighted by molar-refractivity contribution is -0.125. The standard InChI is InChI=1S/C12H15F2N3O2/c1-12(2,11(16)19)5-17-10(18)7-3-6(13)4-8(15)9(7)14/h3-4H,5,15H2,1-2H3,(H2,16,19)(H,17,18). The van der Waals surface area contributed by atoms with Gasteiger partial charge < -0.3 is 16.8 Å². The Labute approximate surface area is 109 Å². The van der Waals surface area contributed by atoms with Crippen molar-refractivity contribution in [1.29, 1.82) is 0 Å². The molecule has 1 aromatic rings. The van der Waals surface area contributed by atoms with Crippen molar-refractivity contribution in [2.24, 2.45) is 11.1 Å². The molecule has 0 saturated heterocycles. The van der Waals surface area contributed by atoms with E-state index in [2.05, 4.69) is 5.32 Å². The summed E-state index contributed by atoms with van der Waals surface area (Å²) in [5.74, 6) is -3.31. The van der Waals surface area contributed by atoms with Crippen molar-refractivity contribution in [2.45, 2.75) is 13.8 Å². The van der Waals surface area contributed by atoms with Crippen molar-refractivity contribution in [3.8, 4) is 0 Å². The summed E-state index contributed by atoms with van der Waals surface area (Å²) in [5, 5.41) is 2.31. The molecule has 5 N–H and O–H groups in total. The summed E-state index contributed by atoms with van der Waals surface area (Å²) in [7, 11) is 0. The van der Waals surface area contributed by atoms with Crippen LogP contribution in [0.3, 0.4) is 0 Å². The van der Waals surface area contributed by atoms with Crippen LogP contribution in [0.2, 0.25) is 0 Å². The molecule has 1 aromatic carbocycles. The number of amides is 2. The second kappa shape index (κ2) is 5.21. The van der Waals surface area contributed by atoms with Crippen molar-refractivity contribution in [3.05, 3.63) is 29.3 Å². The Balaban J connectivity index is 2.88. The predicted octanol–water partition coefficient (Wildman–Crippen LogP) is 0.788. The molecule has 0 aliphatic heterocycles. The van der Waals surface area contributed by atoms with E-state index in [0.29, 0.717) is 0 Å². The number of primary amides is 1. The van der Waals surface area contributed by atoms with Crippen molar-refractivity contribution < 1.29 is 18.4 Å². The topological polar surface area (TPSA) is 98.2 Å². The van der Waals surface area contributed by atoms with E-state index >= 15 is 0 Å². The van der Waals surface area contributed by atoms with Gasteiger partial charge in [-0.3, -0.25) is 9.59 Å². The first-order valence-electron chi connectivity index (χ1n) is 5.48. The lowest BCUT2D eigenvalue weighted by atomic mass is 9.92. The lowest BCUT2D eigenvalue weighted by Crippen LogP contribution is -2.42. The number of anilines is 1. The number of nitrogen functional groups attached to an aromatic ring is 1. The third-order valence-electron chi connectivity index (χ3n) is 2.67. The van der Waals surface area contributed by atoms with Crippen LogP contribution in [0.15, 0.2) is 12.1 Å². The van der Waals surface area contributed by atoms with Gasteiger partial charge in [-0.1, -0.05) is 0 Å². The molecule has 104 valence electrons. The number of hydrogen-bond donors (Lipinski definition) is 3. The summed E-state index contributed by atoms with van der Waals surface area (Å²) in [6.45, 7) is 2.94. The molecule has 0 radical (unpaired) electrons. The predicted molar refractivity (Wildman–Crippen MR) is 66.1 cm³/mol. The Morgan fingerprint density at radius 3 is 2.42 bits per heavy atom. The van der Waals surface area contributed by atoms with E-state index in [1.54, 1.807) is 0 Å². The number of carbonyl (C=O) groups is 2. The molecule has 0 saturated carbocycles. The van der Waals surface area contributed by atoms with Crippen LogP contribution in [0.5, 0.6) is 0 Å². The Kier molecular flexibility index (Phi) is 4.08. The van der Waals surface area contributed by atoms with E-state index in [1.807, 2.05) is 0 Å². The second-order valence-electron chi connectivity index (χ2n) is 4.79. The maximum absolute atomic E-state index is 13.6. The number of rotatable bonds is 4. The van der Waals surface area contributed by atoms with Gasteiger partial charge in [-0.05, 0) is 26.0 Å². The average molecular weight is 271 g/mol. The number of carbonyl (C=O) groups excluding carboxylic acids is 2. The highest BCUT2D eigenvalue weighted by Crippen LogP contribution is 2.18. The third-order valence-corrected chi connectivity index (χ3v) is 2.67. The van der Waals surface area contributed by atoms with Crippen LogP contribution < -0.4 is 16.8 Å². The van der Waals surface area contributed by atoms with E-state index in [9.17, 15) is 18.4 Å². The number of benzene rings is 1. The summed E-state index contributed by atoms with van der Waals surface area (Å²) in [6.07, 6.45) is 0. The fraction of sp³-hybridized carbons (Fsp3) is 0.333. The van der Waals surface area contributed by atoms with E-state index in [4.69, 9.17) is 11.5 Å². The first kappa shape index (κ1) is 14.9. The zero-order chi connectivity index (χ0) is 14.8. The molecule has 0 heterocycles. The fourth-order valence-corrected chi connectivity index (χ4v) is 1.26. The summed E-state index contributed by atoms with van der Waals surface area (Å²) < 4.78 is 26.6. The molecular weight excluding hydrogens is 256 g/mol. The van der Waals surface area contributed by atoms with Gasteiger partial charge in [0.05, 0.1) is 16.7 Å². The molecule has 7 heteroatoms. The van der Waals surface area contributed by atoms with Gasteiger partial charge in [-0.25, -0.2) is 8.78 Å². The van der Waals surface area contributed by atoms with Crippen molar-refractivity contribution in [1.82, 2.24) is 5.32 Å². The number of nitrogens with two attached hydrogens (primary N) is 2. The lowest BCUT2D eigenvalue weighted by Gasteiger charge is -2.20. The van der Waals surface area contributed by atoms with Crippen LogP contribution in [0.4, 0.5) is 14.5 Å². The third kappa shape index (κ3) is 3.40. The first-order chi connectivity index (χ1) is 8.65. The average Bonchev–Trinajstić information content (AvgIpc) is 2.30. The quantitative estimate of drug-likeness (QED) is 0.706. The van der Waals surface area contributed by atoms with Crippen molar-refractivity contribution in [2.75, 3.05) is 12.3 Å². The first-order valence-corrected chi connectivity index (χ1v) is 5.48. The molecule has 0 aliphatic rings. The zero-order valence-corrected chi connectivity index (χ0v) is 10.6. The monoisotopic (exact) mass is 271 g/mol. The molecule has 5 nitrogen and oxygen atoms in total. The molecule has 0 aromatic heterocycles. The molecule has 2 amide bonds. The molecule has 0 aliphatic carbocycles. The molecule has 0 bridgehead atoms. The van der Waals surface area contributed by atoms with Crippen molar-refractivity contribution >= 4 is 17.5 Å². The van der Waals surface area contributed by atoms with E-state index in [-0.39, 0.29) is 6.54 Å². The number of hydrogen-bond acceptors (Lipinski definition) is 3. The minimum Gasteiger partial charge on any atom is -0.396 e. The van der Waals surface area contributed by atoms with E-state index < -0.39 is 40.1 Å². The van der Waals surface area contributed by atoms with E-state index in [1.165, 1.54) is 13.8 Å². The molecule has 0 atom stereocenters. The normalized spacial score (nSPS) is 11.2. The Bertz CT molecular complexity index is 530. The van der Waals surface area contributed by atoms with Crippen molar-refractivity contribution in [3.63, 3.8) is 0 Å². The second-order valence-corrected chi connectivity index (χ2v) is 4.79. The van der Waals surface area contributed by atoms with Gasteiger partial charge in [-0.15, -0.1) is 0 Å². The van der Waals surface area contributed by atoms with Gasteiger partial charge in [0, 0.05) is 6.54 Å².